The number of hydrogen-bond acceptors (Lipinski definition) is 4. The van der Waals surface area contributed by atoms with Gasteiger partial charge in [-0.1, -0.05) is 37.3 Å². The van der Waals surface area contributed by atoms with Crippen molar-refractivity contribution in [1.29, 1.82) is 0 Å². The third-order valence-electron chi connectivity index (χ3n) is 6.31. The highest BCUT2D eigenvalue weighted by atomic mass is 16.5. The van der Waals surface area contributed by atoms with E-state index in [2.05, 4.69) is 17.9 Å². The molecule has 3 rings (SSSR count). The number of carbonyl (C=O) groups is 1. The summed E-state index contributed by atoms with van der Waals surface area (Å²) in [6.45, 7) is 3.77. The van der Waals surface area contributed by atoms with Crippen LogP contribution < -0.4 is 4.74 Å². The molecule has 0 saturated heterocycles. The molecule has 1 aromatic rings. The molecule has 6 atom stereocenters. The minimum atomic E-state index is -0.595. The predicted octanol–water partition coefficient (Wildman–Crippen LogP) is 2.90. The molecule has 1 fully saturated rings. The molecule has 0 unspecified atom stereocenters. The summed E-state index contributed by atoms with van der Waals surface area (Å²) in [4.78, 5) is 13.6. The van der Waals surface area contributed by atoms with Crippen LogP contribution in [0.15, 0.2) is 30.4 Å². The Hall–Kier alpha value is -2.29. The quantitative estimate of drug-likeness (QED) is 0.535. The standard InChI is InChI=1S/C25H33NO4/c1-5-6-8-16(2)20(27)13-12-18-21(28)15-22-24(18)19-10-7-9-17(25(19)30-22)11-14-23(29)26(3)4/h7,9-10,12-13,16,18,20-22,24,27-28H,8,11,14-15H2,1-4H3/b13-12+/t16-,18+,20-,21-,22+,24+/m1/s1. The number of rotatable bonds is 7. The van der Waals surface area contributed by atoms with Crippen molar-refractivity contribution in [2.75, 3.05) is 14.1 Å². The summed E-state index contributed by atoms with van der Waals surface area (Å²) in [6.07, 6.45) is 4.88. The maximum atomic E-state index is 12.0. The molecule has 0 radical (unpaired) electrons. The van der Waals surface area contributed by atoms with Gasteiger partial charge in [-0.3, -0.25) is 4.79 Å². The van der Waals surface area contributed by atoms with Gasteiger partial charge in [0, 0.05) is 50.8 Å². The first-order chi connectivity index (χ1) is 14.3. The molecule has 1 amide bonds. The van der Waals surface area contributed by atoms with E-state index < -0.39 is 12.2 Å². The van der Waals surface area contributed by atoms with Crippen LogP contribution in [-0.2, 0) is 11.2 Å². The van der Waals surface area contributed by atoms with E-state index in [9.17, 15) is 15.0 Å². The maximum Gasteiger partial charge on any atom is 0.222 e. The zero-order valence-corrected chi connectivity index (χ0v) is 18.3. The van der Waals surface area contributed by atoms with Crippen molar-refractivity contribution in [2.45, 2.75) is 63.8 Å². The minimum Gasteiger partial charge on any atom is -0.489 e. The number of fused-ring (bicyclic) bond motifs is 3. The van der Waals surface area contributed by atoms with Gasteiger partial charge in [-0.05, 0) is 24.8 Å². The van der Waals surface area contributed by atoms with E-state index in [1.165, 1.54) is 0 Å². The van der Waals surface area contributed by atoms with E-state index in [-0.39, 0.29) is 29.8 Å². The Balaban J connectivity index is 1.76. The first-order valence-electron chi connectivity index (χ1n) is 10.8. The highest BCUT2D eigenvalue weighted by Gasteiger charge is 2.48. The molecule has 2 N–H and O–H groups in total. The zero-order valence-electron chi connectivity index (χ0n) is 18.3. The third kappa shape index (κ3) is 4.71. The topological polar surface area (TPSA) is 70.0 Å². The lowest BCUT2D eigenvalue weighted by molar-refractivity contribution is -0.128. The van der Waals surface area contributed by atoms with E-state index in [4.69, 9.17) is 4.74 Å². The fourth-order valence-electron chi connectivity index (χ4n) is 4.45. The number of para-hydroxylation sites is 1. The van der Waals surface area contributed by atoms with Gasteiger partial charge in [0.2, 0.25) is 5.91 Å². The maximum absolute atomic E-state index is 12.0. The van der Waals surface area contributed by atoms with Crippen molar-refractivity contribution in [2.24, 2.45) is 11.8 Å². The van der Waals surface area contributed by atoms with Crippen molar-refractivity contribution in [3.8, 4) is 17.6 Å². The van der Waals surface area contributed by atoms with Crippen molar-refractivity contribution in [3.63, 3.8) is 0 Å². The van der Waals surface area contributed by atoms with Crippen molar-refractivity contribution in [1.82, 2.24) is 4.90 Å². The Morgan fingerprint density at radius 2 is 2.17 bits per heavy atom. The summed E-state index contributed by atoms with van der Waals surface area (Å²) in [5.41, 5.74) is 2.14. The second kappa shape index (κ2) is 9.68. The first-order valence-corrected chi connectivity index (χ1v) is 10.8. The number of aliphatic hydroxyl groups excluding tert-OH is 2. The van der Waals surface area contributed by atoms with Gasteiger partial charge >= 0.3 is 0 Å². The van der Waals surface area contributed by atoms with Gasteiger partial charge in [-0.2, -0.15) is 0 Å². The SMILES string of the molecule is CC#CC[C@@H](C)[C@H](O)/C=C/[C@@H]1[C@H]2c3cccc(CCC(=O)N(C)C)c3O[C@H]2C[C@H]1O. The average Bonchev–Trinajstić information content (AvgIpc) is 3.23. The number of benzene rings is 1. The molecule has 5 nitrogen and oxygen atoms in total. The predicted molar refractivity (Wildman–Crippen MR) is 117 cm³/mol. The van der Waals surface area contributed by atoms with Gasteiger partial charge in [0.05, 0.1) is 12.2 Å². The smallest absolute Gasteiger partial charge is 0.222 e. The van der Waals surface area contributed by atoms with Crippen LogP contribution in [0, 0.1) is 23.7 Å². The van der Waals surface area contributed by atoms with E-state index >= 15 is 0 Å². The fourth-order valence-corrected chi connectivity index (χ4v) is 4.45. The molecule has 1 heterocycles. The molecule has 1 aromatic carbocycles. The molecule has 162 valence electrons. The number of nitrogens with zero attached hydrogens (tertiary/aromatic N) is 1. The van der Waals surface area contributed by atoms with Crippen LogP contribution in [0.5, 0.6) is 5.75 Å². The second-order valence-corrected chi connectivity index (χ2v) is 8.67. The van der Waals surface area contributed by atoms with Crippen LogP contribution >= 0.6 is 0 Å². The lowest BCUT2D eigenvalue weighted by atomic mass is 9.86. The normalized spacial score (nSPS) is 26.3. The molecule has 0 spiro atoms. The van der Waals surface area contributed by atoms with Crippen LogP contribution in [-0.4, -0.2) is 53.4 Å². The van der Waals surface area contributed by atoms with E-state index in [0.29, 0.717) is 25.7 Å². The Bertz CT molecular complexity index is 850. The Morgan fingerprint density at radius 3 is 2.87 bits per heavy atom. The fraction of sp³-hybridized carbons (Fsp3) is 0.560. The molecule has 1 aliphatic heterocycles. The summed E-state index contributed by atoms with van der Waals surface area (Å²) >= 11 is 0. The van der Waals surface area contributed by atoms with E-state index in [1.54, 1.807) is 32.0 Å². The number of aliphatic hydroxyl groups is 2. The highest BCUT2D eigenvalue weighted by Crippen LogP contribution is 2.52. The molecular formula is C25H33NO4. The van der Waals surface area contributed by atoms with Gasteiger partial charge in [0.25, 0.3) is 0 Å². The first kappa shape index (κ1) is 22.4. The summed E-state index contributed by atoms with van der Waals surface area (Å²) in [5, 5.41) is 21.1. The third-order valence-corrected chi connectivity index (χ3v) is 6.31. The average molecular weight is 412 g/mol. The zero-order chi connectivity index (χ0) is 21.8. The largest absolute Gasteiger partial charge is 0.489 e. The Labute approximate surface area is 179 Å². The van der Waals surface area contributed by atoms with Crippen molar-refractivity contribution >= 4 is 5.91 Å². The molecule has 1 aliphatic carbocycles. The highest BCUT2D eigenvalue weighted by molar-refractivity contribution is 5.76. The molecule has 0 aromatic heterocycles. The summed E-state index contributed by atoms with van der Waals surface area (Å²) in [5.74, 6) is 6.84. The molecule has 30 heavy (non-hydrogen) atoms. The number of carbonyl (C=O) groups excluding carboxylic acids is 1. The van der Waals surface area contributed by atoms with Crippen LogP contribution in [0.2, 0.25) is 0 Å². The van der Waals surface area contributed by atoms with E-state index in [1.807, 2.05) is 25.1 Å². The van der Waals surface area contributed by atoms with Crippen LogP contribution in [0.1, 0.15) is 50.2 Å². The lowest BCUT2D eigenvalue weighted by Gasteiger charge is -2.19. The molecule has 1 saturated carbocycles. The van der Waals surface area contributed by atoms with Gasteiger partial charge in [0.1, 0.15) is 11.9 Å². The number of ether oxygens (including phenoxy) is 1. The van der Waals surface area contributed by atoms with Gasteiger partial charge in [-0.25, -0.2) is 0 Å². The Morgan fingerprint density at radius 1 is 1.40 bits per heavy atom. The summed E-state index contributed by atoms with van der Waals surface area (Å²) in [7, 11) is 3.53. The minimum absolute atomic E-state index is 0.0380. The van der Waals surface area contributed by atoms with Crippen LogP contribution in [0.4, 0.5) is 0 Å². The Kier molecular flexibility index (Phi) is 7.23. The van der Waals surface area contributed by atoms with Gasteiger partial charge in [-0.15, -0.1) is 11.8 Å². The van der Waals surface area contributed by atoms with Crippen LogP contribution in [0.3, 0.4) is 0 Å². The molecule has 2 aliphatic rings. The van der Waals surface area contributed by atoms with Gasteiger partial charge in [0.15, 0.2) is 0 Å². The van der Waals surface area contributed by atoms with Crippen molar-refractivity contribution in [3.05, 3.63) is 41.5 Å². The summed E-state index contributed by atoms with van der Waals surface area (Å²) < 4.78 is 6.26. The molecule has 0 bridgehead atoms. The number of aryl methyl sites for hydroxylation is 1. The molecule has 5 heteroatoms. The van der Waals surface area contributed by atoms with Crippen LogP contribution in [0.25, 0.3) is 0 Å². The molecular weight excluding hydrogens is 378 g/mol. The second-order valence-electron chi connectivity index (χ2n) is 8.67. The number of amides is 1. The number of hydrogen-bond donors (Lipinski definition) is 2. The lowest BCUT2D eigenvalue weighted by Crippen LogP contribution is -2.22. The monoisotopic (exact) mass is 411 g/mol. The summed E-state index contributed by atoms with van der Waals surface area (Å²) in [6, 6.07) is 6.09. The van der Waals surface area contributed by atoms with E-state index in [0.717, 1.165) is 16.9 Å². The van der Waals surface area contributed by atoms with Gasteiger partial charge < -0.3 is 19.8 Å². The van der Waals surface area contributed by atoms with Crippen molar-refractivity contribution < 1.29 is 19.7 Å².